The number of halogens is 3. The number of aromatic nitrogens is 1. The van der Waals surface area contributed by atoms with Crippen molar-refractivity contribution in [1.82, 2.24) is 15.2 Å². The van der Waals surface area contributed by atoms with Crippen LogP contribution >= 0.6 is 11.8 Å². The number of nitrogens with zero attached hydrogens (tertiary/aromatic N) is 3. The molecule has 1 aromatic carbocycles. The molecule has 2 N–H and O–H groups in total. The van der Waals surface area contributed by atoms with Gasteiger partial charge in [-0.05, 0) is 48.9 Å². The summed E-state index contributed by atoms with van der Waals surface area (Å²) in [5, 5.41) is 5.31. The molecule has 1 saturated heterocycles. The Labute approximate surface area is 204 Å². The maximum atomic E-state index is 12.9. The number of aryl methyl sites for hydroxylation is 1. The Hall–Kier alpha value is -3.41. The second-order valence-electron chi connectivity index (χ2n) is 8.09. The van der Waals surface area contributed by atoms with E-state index in [-0.39, 0.29) is 17.7 Å². The van der Waals surface area contributed by atoms with Crippen LogP contribution in [0.2, 0.25) is 0 Å². The van der Waals surface area contributed by atoms with Gasteiger partial charge in [0, 0.05) is 43.8 Å². The number of pyridine rings is 1. The van der Waals surface area contributed by atoms with Crippen molar-refractivity contribution in [2.75, 3.05) is 42.1 Å². The fraction of sp³-hybridized carbons (Fsp3) is 0.348. The van der Waals surface area contributed by atoms with Crippen LogP contribution in [0, 0.1) is 6.92 Å². The van der Waals surface area contributed by atoms with Gasteiger partial charge in [-0.1, -0.05) is 6.07 Å². The van der Waals surface area contributed by atoms with E-state index in [4.69, 9.17) is 0 Å². The molecule has 0 radical (unpaired) electrons. The number of hydrogen-bond acceptors (Lipinski definition) is 6. The molecule has 3 heterocycles. The summed E-state index contributed by atoms with van der Waals surface area (Å²) in [5.74, 6) is 0.976. The second-order valence-corrected chi connectivity index (χ2v) is 9.15. The van der Waals surface area contributed by atoms with Gasteiger partial charge < -0.3 is 25.2 Å². The average Bonchev–Trinajstić information content (AvgIpc) is 3.28. The summed E-state index contributed by atoms with van der Waals surface area (Å²) >= 11 is 1.38. The first kappa shape index (κ1) is 24.7. The number of piperazine rings is 1. The molecule has 12 heteroatoms. The maximum Gasteiger partial charge on any atom is 0.573 e. The number of hydrogen-bond donors (Lipinski definition) is 2. The molecule has 8 nitrogen and oxygen atoms in total. The second kappa shape index (κ2) is 10.5. The van der Waals surface area contributed by atoms with Crippen LogP contribution in [0.5, 0.6) is 5.75 Å². The molecule has 0 aliphatic carbocycles. The highest BCUT2D eigenvalue weighted by Crippen LogP contribution is 2.28. The monoisotopic (exact) mass is 507 g/mol. The lowest BCUT2D eigenvalue weighted by Gasteiger charge is -2.35. The molecular formula is C23H24F3N5O3S. The van der Waals surface area contributed by atoms with Gasteiger partial charge in [-0.3, -0.25) is 4.79 Å². The molecule has 1 atom stereocenters. The summed E-state index contributed by atoms with van der Waals surface area (Å²) in [6, 6.07) is 7.96. The van der Waals surface area contributed by atoms with E-state index in [2.05, 4.69) is 25.3 Å². The number of amides is 3. The molecule has 1 aromatic heterocycles. The third kappa shape index (κ3) is 6.81. The predicted molar refractivity (Wildman–Crippen MR) is 127 cm³/mol. The van der Waals surface area contributed by atoms with Crippen molar-refractivity contribution < 1.29 is 27.5 Å². The molecule has 4 rings (SSSR count). The molecule has 0 saturated carbocycles. The third-order valence-electron chi connectivity index (χ3n) is 5.43. The molecule has 186 valence electrons. The minimum atomic E-state index is -4.78. The van der Waals surface area contributed by atoms with E-state index >= 15 is 0 Å². The van der Waals surface area contributed by atoms with Gasteiger partial charge in [0.05, 0.1) is 10.9 Å². The zero-order valence-electron chi connectivity index (χ0n) is 18.8. The molecule has 2 aliphatic rings. The molecule has 3 amide bonds. The van der Waals surface area contributed by atoms with Crippen molar-refractivity contribution in [1.29, 1.82) is 0 Å². The van der Waals surface area contributed by atoms with E-state index < -0.39 is 12.4 Å². The topological polar surface area (TPSA) is 86.8 Å². The van der Waals surface area contributed by atoms with Crippen molar-refractivity contribution in [3.8, 4) is 5.75 Å². The summed E-state index contributed by atoms with van der Waals surface area (Å²) in [7, 11) is 0. The van der Waals surface area contributed by atoms with Crippen LogP contribution in [0.3, 0.4) is 0 Å². The van der Waals surface area contributed by atoms with E-state index in [1.807, 2.05) is 25.3 Å². The van der Waals surface area contributed by atoms with Gasteiger partial charge in [0.25, 0.3) is 5.91 Å². The largest absolute Gasteiger partial charge is 0.573 e. The minimum Gasteiger partial charge on any atom is -0.406 e. The fourth-order valence-electron chi connectivity index (χ4n) is 3.69. The smallest absolute Gasteiger partial charge is 0.406 e. The summed E-state index contributed by atoms with van der Waals surface area (Å²) < 4.78 is 40.5. The Balaban J connectivity index is 1.25. The van der Waals surface area contributed by atoms with Crippen molar-refractivity contribution >= 4 is 35.2 Å². The summed E-state index contributed by atoms with van der Waals surface area (Å²) in [4.78, 5) is 34.2. The summed E-state index contributed by atoms with van der Waals surface area (Å²) in [6.07, 6.45) is -1.21. The summed E-state index contributed by atoms with van der Waals surface area (Å²) in [6.45, 7) is 4.53. The van der Waals surface area contributed by atoms with Gasteiger partial charge in [-0.15, -0.1) is 24.9 Å². The van der Waals surface area contributed by atoms with Gasteiger partial charge in [0.15, 0.2) is 0 Å². The number of benzene rings is 1. The average molecular weight is 508 g/mol. The number of thioether (sulfide) groups is 1. The van der Waals surface area contributed by atoms with E-state index in [1.165, 1.54) is 23.9 Å². The van der Waals surface area contributed by atoms with Crippen LogP contribution in [-0.2, 0) is 4.79 Å². The highest BCUT2D eigenvalue weighted by molar-refractivity contribution is 8.04. The number of ether oxygens (including phenoxy) is 1. The van der Waals surface area contributed by atoms with Crippen LogP contribution in [0.15, 0.2) is 53.6 Å². The molecule has 2 aromatic rings. The predicted octanol–water partition coefficient (Wildman–Crippen LogP) is 3.76. The first-order valence-corrected chi connectivity index (χ1v) is 11.9. The molecule has 0 bridgehead atoms. The Kier molecular flexibility index (Phi) is 7.39. The van der Waals surface area contributed by atoms with Gasteiger partial charge in [-0.25, -0.2) is 9.78 Å². The molecule has 1 unspecified atom stereocenters. The van der Waals surface area contributed by atoms with Crippen LogP contribution in [-0.4, -0.2) is 66.2 Å². The molecular weight excluding hydrogens is 483 g/mol. The number of carbonyl (C=O) groups excluding carboxylic acids is 2. The first-order chi connectivity index (χ1) is 16.7. The SMILES string of the molecule is Cc1ccc(N2CCN(C(=O)C3=CC(NC(=O)Nc4ccc(OC(F)(F)F)cc4)CS3)CC2)nc1. The molecule has 0 spiro atoms. The Morgan fingerprint density at radius 1 is 1.09 bits per heavy atom. The Morgan fingerprint density at radius 3 is 2.43 bits per heavy atom. The molecule has 2 aliphatic heterocycles. The lowest BCUT2D eigenvalue weighted by Crippen LogP contribution is -2.49. The number of alkyl halides is 3. The van der Waals surface area contributed by atoms with E-state index in [1.54, 1.807) is 11.0 Å². The highest BCUT2D eigenvalue weighted by Gasteiger charge is 2.31. The van der Waals surface area contributed by atoms with Gasteiger partial charge >= 0.3 is 12.4 Å². The number of carbonyl (C=O) groups is 2. The summed E-state index contributed by atoms with van der Waals surface area (Å²) in [5.41, 5.74) is 1.40. The lowest BCUT2D eigenvalue weighted by molar-refractivity contribution is -0.274. The highest BCUT2D eigenvalue weighted by atomic mass is 32.2. The van der Waals surface area contributed by atoms with Crippen molar-refractivity contribution in [2.24, 2.45) is 0 Å². The Bertz CT molecular complexity index is 1090. The number of urea groups is 1. The first-order valence-electron chi connectivity index (χ1n) is 10.9. The van der Waals surface area contributed by atoms with E-state index in [0.29, 0.717) is 42.5 Å². The van der Waals surface area contributed by atoms with Crippen LogP contribution < -0.4 is 20.3 Å². The van der Waals surface area contributed by atoms with E-state index in [9.17, 15) is 22.8 Å². The maximum absolute atomic E-state index is 12.9. The van der Waals surface area contributed by atoms with Crippen LogP contribution in [0.4, 0.5) is 29.5 Å². The van der Waals surface area contributed by atoms with Gasteiger partial charge in [0.2, 0.25) is 0 Å². The van der Waals surface area contributed by atoms with E-state index in [0.717, 1.165) is 23.5 Å². The van der Waals surface area contributed by atoms with Crippen LogP contribution in [0.25, 0.3) is 0 Å². The number of anilines is 2. The third-order valence-corrected chi connectivity index (χ3v) is 6.58. The zero-order chi connectivity index (χ0) is 25.0. The van der Waals surface area contributed by atoms with Crippen molar-refractivity contribution in [3.05, 3.63) is 59.1 Å². The number of rotatable bonds is 5. The van der Waals surface area contributed by atoms with Crippen molar-refractivity contribution in [2.45, 2.75) is 19.3 Å². The number of nitrogens with one attached hydrogen (secondary N) is 2. The van der Waals surface area contributed by atoms with Crippen molar-refractivity contribution in [3.63, 3.8) is 0 Å². The molecule has 1 fully saturated rings. The quantitative estimate of drug-likeness (QED) is 0.641. The lowest BCUT2D eigenvalue weighted by atomic mass is 10.2. The minimum absolute atomic E-state index is 0.0588. The zero-order valence-corrected chi connectivity index (χ0v) is 19.7. The fourth-order valence-corrected chi connectivity index (χ4v) is 4.74. The standard InChI is InChI=1S/C23H24F3N5O3S/c1-15-2-7-20(27-13-15)30-8-10-31(11-9-30)21(32)19-12-17(14-35-19)29-22(33)28-16-3-5-18(6-4-16)34-23(24,25)26/h2-7,12-13,17H,8-11,14H2,1H3,(H2,28,29,33). The normalized spacial score (nSPS) is 18.2. The van der Waals surface area contributed by atoms with Crippen LogP contribution in [0.1, 0.15) is 5.56 Å². The Morgan fingerprint density at radius 2 is 1.80 bits per heavy atom. The molecule has 35 heavy (non-hydrogen) atoms. The van der Waals surface area contributed by atoms with Gasteiger partial charge in [-0.2, -0.15) is 0 Å². The van der Waals surface area contributed by atoms with Gasteiger partial charge in [0.1, 0.15) is 11.6 Å².